The van der Waals surface area contributed by atoms with Crippen LogP contribution < -0.4 is 5.32 Å². The summed E-state index contributed by atoms with van der Waals surface area (Å²) >= 11 is 0. The van der Waals surface area contributed by atoms with Crippen molar-refractivity contribution in [3.8, 4) is 0 Å². The van der Waals surface area contributed by atoms with Gasteiger partial charge in [0.25, 0.3) is 5.91 Å². The summed E-state index contributed by atoms with van der Waals surface area (Å²) in [4.78, 5) is 12.7. The Morgan fingerprint density at radius 1 is 1.06 bits per heavy atom. The van der Waals surface area contributed by atoms with Gasteiger partial charge in [-0.1, -0.05) is 76.8 Å². The lowest BCUT2D eigenvalue weighted by atomic mass is 10.0. The highest BCUT2D eigenvalue weighted by Crippen LogP contribution is 2.26. The van der Waals surface area contributed by atoms with Crippen LogP contribution in [-0.2, 0) is 13.1 Å². The van der Waals surface area contributed by atoms with E-state index < -0.39 is 11.7 Å². The highest BCUT2D eigenvalue weighted by Gasteiger charge is 2.29. The fourth-order valence-corrected chi connectivity index (χ4v) is 3.52. The summed E-state index contributed by atoms with van der Waals surface area (Å²) < 4.78 is 40.0. The lowest BCUT2D eigenvalue weighted by Gasteiger charge is -2.10. The fraction of sp³-hybridized carbons (Fsp3) is 0.300. The van der Waals surface area contributed by atoms with Gasteiger partial charge in [0.2, 0.25) is 0 Å². The van der Waals surface area contributed by atoms with Crippen molar-refractivity contribution in [2.75, 3.05) is 0 Å². The van der Waals surface area contributed by atoms with Gasteiger partial charge >= 0.3 is 6.18 Å². The zero-order chi connectivity index (χ0) is 26.9. The normalized spacial score (nSPS) is 12.1. The molecule has 0 saturated heterocycles. The summed E-state index contributed by atoms with van der Waals surface area (Å²) in [7, 11) is 0. The first-order chi connectivity index (χ1) is 17.1. The molecule has 1 amide bonds. The fourth-order valence-electron chi connectivity index (χ4n) is 3.52. The molecular weight excluding hydrogens is 461 g/mol. The third kappa shape index (κ3) is 7.74. The number of carbonyl (C=O) groups is 1. The maximum absolute atomic E-state index is 12.7. The number of halogens is 3. The van der Waals surface area contributed by atoms with Crippen LogP contribution in [0.1, 0.15) is 62.0 Å². The lowest BCUT2D eigenvalue weighted by molar-refractivity contribution is -0.0878. The number of amides is 1. The molecule has 3 aromatic rings. The van der Waals surface area contributed by atoms with E-state index in [2.05, 4.69) is 37.9 Å². The maximum Gasteiger partial charge on any atom is 0.415 e. The Bertz CT molecular complexity index is 1230. The van der Waals surface area contributed by atoms with Gasteiger partial charge in [-0.3, -0.25) is 4.79 Å². The van der Waals surface area contributed by atoms with Crippen molar-refractivity contribution in [3.05, 3.63) is 107 Å². The average Bonchev–Trinajstić information content (AvgIpc) is 3.27. The van der Waals surface area contributed by atoms with Gasteiger partial charge in [-0.25, -0.2) is 0 Å². The molecule has 0 unspecified atom stereocenters. The minimum absolute atomic E-state index is 0.162. The molecule has 6 heteroatoms. The number of hydrogen-bond acceptors (Lipinski definition) is 1. The van der Waals surface area contributed by atoms with Crippen molar-refractivity contribution < 1.29 is 18.0 Å². The lowest BCUT2D eigenvalue weighted by Crippen LogP contribution is -2.22. The Morgan fingerprint density at radius 2 is 1.72 bits per heavy atom. The van der Waals surface area contributed by atoms with Crippen molar-refractivity contribution in [1.29, 1.82) is 0 Å². The van der Waals surface area contributed by atoms with Gasteiger partial charge in [-0.15, -0.1) is 0 Å². The van der Waals surface area contributed by atoms with Gasteiger partial charge in [0, 0.05) is 41.3 Å². The van der Waals surface area contributed by atoms with Crippen LogP contribution in [-0.4, -0.2) is 16.7 Å². The predicted molar refractivity (Wildman–Crippen MR) is 143 cm³/mol. The molecule has 0 radical (unpaired) electrons. The quantitative estimate of drug-likeness (QED) is 0.313. The number of rotatable bonds is 8. The molecule has 0 aliphatic carbocycles. The van der Waals surface area contributed by atoms with Crippen molar-refractivity contribution in [2.24, 2.45) is 0 Å². The molecule has 0 aliphatic heterocycles. The summed E-state index contributed by atoms with van der Waals surface area (Å²) in [6.45, 7) is 14.0. The number of nitrogens with one attached hydrogen (secondary N) is 1. The molecule has 3 rings (SSSR count). The minimum atomic E-state index is -4.44. The maximum atomic E-state index is 12.7. The molecule has 1 heterocycles. The molecule has 3 nitrogen and oxygen atoms in total. The van der Waals surface area contributed by atoms with E-state index >= 15 is 0 Å². The third-order valence-corrected chi connectivity index (χ3v) is 5.72. The second-order valence-electron chi connectivity index (χ2n) is 8.52. The highest BCUT2D eigenvalue weighted by atomic mass is 19.4. The molecular formula is C30H35F3N2O. The van der Waals surface area contributed by atoms with E-state index in [1.54, 1.807) is 19.1 Å². The number of carbonyl (C=O) groups excluding carboxylic acids is 1. The molecule has 1 N–H and O–H groups in total. The molecule has 0 spiro atoms. The summed E-state index contributed by atoms with van der Waals surface area (Å²) in [5, 5.41) is 3.83. The number of alkyl halides is 3. The third-order valence-electron chi connectivity index (χ3n) is 5.72. The Labute approximate surface area is 212 Å². The van der Waals surface area contributed by atoms with Crippen molar-refractivity contribution in [3.63, 3.8) is 0 Å². The van der Waals surface area contributed by atoms with Crippen LogP contribution in [0.4, 0.5) is 13.2 Å². The molecule has 0 atom stereocenters. The number of hydrogen-bond donors (Lipinski definition) is 1. The van der Waals surface area contributed by atoms with Crippen molar-refractivity contribution in [1.82, 2.24) is 9.88 Å². The van der Waals surface area contributed by atoms with Gasteiger partial charge in [0.1, 0.15) is 0 Å². The highest BCUT2D eigenvalue weighted by molar-refractivity contribution is 5.98. The Morgan fingerprint density at radius 3 is 2.31 bits per heavy atom. The van der Waals surface area contributed by atoms with Crippen molar-refractivity contribution >= 4 is 16.8 Å². The summed E-state index contributed by atoms with van der Waals surface area (Å²) in [6, 6.07) is 15.5. The minimum Gasteiger partial charge on any atom is -0.348 e. The molecule has 36 heavy (non-hydrogen) atoms. The number of fused-ring (bicyclic) bond motifs is 1. The SMILES string of the molecule is C=C(/C=C\C(=C/C)Cn1ccc2cc(C(=O)NCc3ccc(C(C)C)cc3)ccc21)C(F)(F)F.CC. The summed E-state index contributed by atoms with van der Waals surface area (Å²) in [5.41, 5.74) is 3.56. The topological polar surface area (TPSA) is 34.0 Å². The molecule has 192 valence electrons. The Hall–Kier alpha value is -3.54. The monoisotopic (exact) mass is 496 g/mol. The first kappa shape index (κ1) is 28.7. The standard InChI is InChI=1S/C28H29F3N2O.C2H6/c1-5-21(7-6-20(4)28(29,30)31)18-33-15-14-24-16-25(12-13-26(24)33)27(34)32-17-22-8-10-23(11-9-22)19(2)3;1-2/h5-16,19H,4,17-18H2,1-3H3,(H,32,34);1-2H3/b7-6-,21-5+;. The number of allylic oxidation sites excluding steroid dienone is 5. The van der Waals surface area contributed by atoms with E-state index in [-0.39, 0.29) is 5.91 Å². The van der Waals surface area contributed by atoms with Crippen LogP contribution >= 0.6 is 0 Å². The summed E-state index contributed by atoms with van der Waals surface area (Å²) in [6.07, 6.45) is 1.60. The van der Waals surface area contributed by atoms with E-state index in [4.69, 9.17) is 0 Å². The molecule has 2 aromatic carbocycles. The van der Waals surface area contributed by atoms with Crippen LogP contribution in [0.15, 0.2) is 90.7 Å². The van der Waals surface area contributed by atoms with E-state index in [0.717, 1.165) is 22.5 Å². The average molecular weight is 497 g/mol. The van der Waals surface area contributed by atoms with Crippen molar-refractivity contribution in [2.45, 2.75) is 59.8 Å². The Kier molecular flexibility index (Phi) is 10.3. The van der Waals surface area contributed by atoms with Gasteiger partial charge in [0.15, 0.2) is 0 Å². The smallest absolute Gasteiger partial charge is 0.348 e. The summed E-state index contributed by atoms with van der Waals surface area (Å²) in [5.74, 6) is 0.298. The molecule has 0 saturated carbocycles. The number of nitrogens with zero attached hydrogens (tertiary/aromatic N) is 1. The molecule has 1 aromatic heterocycles. The number of aromatic nitrogens is 1. The van der Waals surface area contributed by atoms with Gasteiger partial charge in [-0.2, -0.15) is 13.2 Å². The van der Waals surface area contributed by atoms with Gasteiger partial charge < -0.3 is 9.88 Å². The van der Waals surface area contributed by atoms with Crippen LogP contribution in [0.3, 0.4) is 0 Å². The largest absolute Gasteiger partial charge is 0.415 e. The van der Waals surface area contributed by atoms with Crippen LogP contribution in [0.5, 0.6) is 0 Å². The van der Waals surface area contributed by atoms with Crippen LogP contribution in [0.25, 0.3) is 10.9 Å². The van der Waals surface area contributed by atoms with E-state index in [1.165, 1.54) is 11.6 Å². The zero-order valence-corrected chi connectivity index (χ0v) is 21.6. The first-order valence-corrected chi connectivity index (χ1v) is 12.1. The molecule has 0 bridgehead atoms. The second kappa shape index (κ2) is 13.0. The van der Waals surface area contributed by atoms with E-state index in [0.29, 0.717) is 30.1 Å². The molecule has 0 fully saturated rings. The Balaban J connectivity index is 0.00000222. The van der Waals surface area contributed by atoms with Crippen LogP contribution in [0, 0.1) is 0 Å². The molecule has 0 aliphatic rings. The predicted octanol–water partition coefficient (Wildman–Crippen LogP) is 8.34. The van der Waals surface area contributed by atoms with Crippen LogP contribution in [0.2, 0.25) is 0 Å². The number of benzene rings is 2. The van der Waals surface area contributed by atoms with E-state index in [1.807, 2.05) is 54.9 Å². The first-order valence-electron chi connectivity index (χ1n) is 12.1. The zero-order valence-electron chi connectivity index (χ0n) is 21.6. The van der Waals surface area contributed by atoms with Gasteiger partial charge in [0.05, 0.1) is 0 Å². The van der Waals surface area contributed by atoms with E-state index in [9.17, 15) is 18.0 Å². The van der Waals surface area contributed by atoms with Gasteiger partial charge in [-0.05, 0) is 53.8 Å². The second-order valence-corrected chi connectivity index (χ2v) is 8.52.